The first-order valence-electron chi connectivity index (χ1n) is 9.73. The summed E-state index contributed by atoms with van der Waals surface area (Å²) in [4.78, 5) is 16.9. The van der Waals surface area contributed by atoms with Gasteiger partial charge in [0.05, 0.1) is 0 Å². The maximum Gasteiger partial charge on any atom is 0.225 e. The van der Waals surface area contributed by atoms with Crippen molar-refractivity contribution >= 4 is 17.3 Å². The Labute approximate surface area is 162 Å². The molecule has 2 aromatic carbocycles. The van der Waals surface area contributed by atoms with Crippen LogP contribution >= 0.6 is 0 Å². The van der Waals surface area contributed by atoms with Crippen LogP contribution in [0.1, 0.15) is 24.9 Å². The lowest BCUT2D eigenvalue weighted by Crippen LogP contribution is -2.44. The van der Waals surface area contributed by atoms with Crippen molar-refractivity contribution < 1.29 is 4.79 Å². The standard InChI is InChI=1S/C22H30N4O/c1-18(19-6-4-3-5-7-19)23-13-12-22(27)24-20-8-10-21(11-9-20)26-16-14-25(2)15-17-26/h3-11,18,23H,12-17H2,1-2H3,(H,24,27). The first-order valence-corrected chi connectivity index (χ1v) is 9.73. The van der Waals surface area contributed by atoms with Crippen molar-refractivity contribution in [3.8, 4) is 0 Å². The predicted octanol–water partition coefficient (Wildman–Crippen LogP) is 3.12. The van der Waals surface area contributed by atoms with Crippen LogP contribution in [-0.2, 0) is 4.79 Å². The molecule has 0 spiro atoms. The average Bonchev–Trinajstić information content (AvgIpc) is 2.70. The van der Waals surface area contributed by atoms with Gasteiger partial charge in [0.15, 0.2) is 0 Å². The molecule has 1 fully saturated rings. The summed E-state index contributed by atoms with van der Waals surface area (Å²) in [5, 5.41) is 6.39. The largest absolute Gasteiger partial charge is 0.369 e. The fourth-order valence-electron chi connectivity index (χ4n) is 3.31. The van der Waals surface area contributed by atoms with E-state index in [2.05, 4.69) is 58.7 Å². The minimum Gasteiger partial charge on any atom is -0.369 e. The van der Waals surface area contributed by atoms with Crippen molar-refractivity contribution in [2.45, 2.75) is 19.4 Å². The number of hydrogen-bond acceptors (Lipinski definition) is 4. The minimum atomic E-state index is 0.0371. The third-order valence-corrected chi connectivity index (χ3v) is 5.12. The van der Waals surface area contributed by atoms with Crippen LogP contribution in [0.2, 0.25) is 0 Å². The van der Waals surface area contributed by atoms with Gasteiger partial charge in [-0.1, -0.05) is 30.3 Å². The van der Waals surface area contributed by atoms with E-state index in [1.807, 2.05) is 30.3 Å². The second-order valence-corrected chi connectivity index (χ2v) is 7.22. The third kappa shape index (κ3) is 5.81. The van der Waals surface area contributed by atoms with Crippen LogP contribution in [0.25, 0.3) is 0 Å². The van der Waals surface area contributed by atoms with Gasteiger partial charge in [-0.3, -0.25) is 4.79 Å². The van der Waals surface area contributed by atoms with E-state index in [1.165, 1.54) is 11.3 Å². The van der Waals surface area contributed by atoms with Gasteiger partial charge in [0.25, 0.3) is 0 Å². The Hall–Kier alpha value is -2.37. The molecule has 0 bridgehead atoms. The molecule has 1 unspecified atom stereocenters. The topological polar surface area (TPSA) is 47.6 Å². The number of carbonyl (C=O) groups excluding carboxylic acids is 1. The number of nitrogens with zero attached hydrogens (tertiary/aromatic N) is 2. The molecule has 1 saturated heterocycles. The molecule has 1 atom stereocenters. The lowest BCUT2D eigenvalue weighted by Gasteiger charge is -2.34. The van der Waals surface area contributed by atoms with Gasteiger partial charge in [-0.25, -0.2) is 0 Å². The van der Waals surface area contributed by atoms with Crippen LogP contribution < -0.4 is 15.5 Å². The zero-order valence-electron chi connectivity index (χ0n) is 16.3. The molecule has 0 radical (unpaired) electrons. The van der Waals surface area contributed by atoms with Gasteiger partial charge in [0, 0.05) is 56.6 Å². The second-order valence-electron chi connectivity index (χ2n) is 7.22. The van der Waals surface area contributed by atoms with Crippen molar-refractivity contribution in [2.24, 2.45) is 0 Å². The second kappa shape index (κ2) is 9.53. The summed E-state index contributed by atoms with van der Waals surface area (Å²) in [5.74, 6) is 0.0371. The summed E-state index contributed by atoms with van der Waals surface area (Å²) in [6, 6.07) is 18.7. The molecule has 5 heteroatoms. The molecular formula is C22H30N4O. The maximum absolute atomic E-state index is 12.2. The van der Waals surface area contributed by atoms with Crippen molar-refractivity contribution in [3.63, 3.8) is 0 Å². The molecule has 27 heavy (non-hydrogen) atoms. The number of anilines is 2. The molecule has 2 N–H and O–H groups in total. The van der Waals surface area contributed by atoms with E-state index in [0.717, 1.165) is 31.9 Å². The number of piperazine rings is 1. The first kappa shape index (κ1) is 19.4. The van der Waals surface area contributed by atoms with E-state index in [9.17, 15) is 4.79 Å². The molecule has 5 nitrogen and oxygen atoms in total. The molecule has 0 saturated carbocycles. The van der Waals surface area contributed by atoms with E-state index in [1.54, 1.807) is 0 Å². The molecular weight excluding hydrogens is 336 g/mol. The first-order chi connectivity index (χ1) is 13.1. The fraction of sp³-hybridized carbons (Fsp3) is 0.409. The maximum atomic E-state index is 12.2. The zero-order chi connectivity index (χ0) is 19.1. The number of carbonyl (C=O) groups is 1. The van der Waals surface area contributed by atoms with Gasteiger partial charge in [0.2, 0.25) is 5.91 Å². The monoisotopic (exact) mass is 366 g/mol. The molecule has 144 valence electrons. The van der Waals surface area contributed by atoms with Crippen LogP contribution in [0, 0.1) is 0 Å². The van der Waals surface area contributed by atoms with E-state index < -0.39 is 0 Å². The van der Waals surface area contributed by atoms with Gasteiger partial charge >= 0.3 is 0 Å². The summed E-state index contributed by atoms with van der Waals surface area (Å²) in [6.45, 7) is 7.05. The van der Waals surface area contributed by atoms with Crippen LogP contribution in [-0.4, -0.2) is 50.6 Å². The molecule has 0 aliphatic carbocycles. The highest BCUT2D eigenvalue weighted by Gasteiger charge is 2.14. The SMILES string of the molecule is CC(NCCC(=O)Nc1ccc(N2CCN(C)CC2)cc1)c1ccccc1. The van der Waals surface area contributed by atoms with Gasteiger partial charge < -0.3 is 20.4 Å². The third-order valence-electron chi connectivity index (χ3n) is 5.12. The highest BCUT2D eigenvalue weighted by atomic mass is 16.1. The predicted molar refractivity (Wildman–Crippen MR) is 112 cm³/mol. The Morgan fingerprint density at radius 2 is 1.67 bits per heavy atom. The Bertz CT molecular complexity index is 709. The highest BCUT2D eigenvalue weighted by molar-refractivity contribution is 5.91. The average molecular weight is 367 g/mol. The van der Waals surface area contributed by atoms with Gasteiger partial charge in [-0.15, -0.1) is 0 Å². The van der Waals surface area contributed by atoms with Gasteiger partial charge in [-0.05, 0) is 43.8 Å². The number of likely N-dealkylation sites (N-methyl/N-ethyl adjacent to an activating group) is 1. The highest BCUT2D eigenvalue weighted by Crippen LogP contribution is 2.19. The van der Waals surface area contributed by atoms with E-state index in [0.29, 0.717) is 13.0 Å². The normalized spacial score (nSPS) is 16.1. The molecule has 1 heterocycles. The Morgan fingerprint density at radius 3 is 2.33 bits per heavy atom. The van der Waals surface area contributed by atoms with Crippen LogP contribution in [0.5, 0.6) is 0 Å². The quantitative estimate of drug-likeness (QED) is 0.790. The van der Waals surface area contributed by atoms with Crippen LogP contribution in [0.15, 0.2) is 54.6 Å². The lowest BCUT2D eigenvalue weighted by molar-refractivity contribution is -0.116. The molecule has 2 aromatic rings. The molecule has 3 rings (SSSR count). The van der Waals surface area contributed by atoms with Crippen molar-refractivity contribution in [1.29, 1.82) is 0 Å². The smallest absolute Gasteiger partial charge is 0.225 e. The number of nitrogens with one attached hydrogen (secondary N) is 2. The van der Waals surface area contributed by atoms with Gasteiger partial charge in [-0.2, -0.15) is 0 Å². The number of amides is 1. The Morgan fingerprint density at radius 1 is 1.00 bits per heavy atom. The van der Waals surface area contributed by atoms with Crippen molar-refractivity contribution in [1.82, 2.24) is 10.2 Å². The van der Waals surface area contributed by atoms with Crippen LogP contribution in [0.3, 0.4) is 0 Å². The molecule has 1 aliphatic heterocycles. The summed E-state index contributed by atoms with van der Waals surface area (Å²) >= 11 is 0. The van der Waals surface area contributed by atoms with E-state index in [4.69, 9.17) is 0 Å². The molecule has 1 amide bonds. The number of benzene rings is 2. The fourth-order valence-corrected chi connectivity index (χ4v) is 3.31. The summed E-state index contributed by atoms with van der Waals surface area (Å²) < 4.78 is 0. The summed E-state index contributed by atoms with van der Waals surface area (Å²) in [7, 11) is 2.16. The van der Waals surface area contributed by atoms with E-state index in [-0.39, 0.29) is 11.9 Å². The van der Waals surface area contributed by atoms with E-state index >= 15 is 0 Å². The molecule has 1 aliphatic rings. The molecule has 0 aromatic heterocycles. The van der Waals surface area contributed by atoms with Crippen molar-refractivity contribution in [3.05, 3.63) is 60.2 Å². The number of rotatable bonds is 7. The van der Waals surface area contributed by atoms with Crippen molar-refractivity contribution in [2.75, 3.05) is 50.0 Å². The zero-order valence-corrected chi connectivity index (χ0v) is 16.3. The summed E-state index contributed by atoms with van der Waals surface area (Å²) in [6.07, 6.45) is 0.456. The lowest BCUT2D eigenvalue weighted by atomic mass is 10.1. The Balaban J connectivity index is 1.41. The Kier molecular flexibility index (Phi) is 6.85. The van der Waals surface area contributed by atoms with Gasteiger partial charge in [0.1, 0.15) is 0 Å². The number of hydrogen-bond donors (Lipinski definition) is 2. The summed E-state index contributed by atoms with van der Waals surface area (Å²) in [5.41, 5.74) is 3.31. The minimum absolute atomic E-state index is 0.0371. The van der Waals surface area contributed by atoms with Crippen LogP contribution in [0.4, 0.5) is 11.4 Å².